The molecule has 1 aliphatic heterocycles. The van der Waals surface area contributed by atoms with Crippen LogP contribution in [0.15, 0.2) is 0 Å². The van der Waals surface area contributed by atoms with Gasteiger partial charge in [-0.25, -0.2) is 0 Å². The van der Waals surface area contributed by atoms with Crippen molar-refractivity contribution >= 4 is 5.97 Å². The Morgan fingerprint density at radius 3 is 2.61 bits per heavy atom. The summed E-state index contributed by atoms with van der Waals surface area (Å²) in [7, 11) is 2.15. The molecule has 1 aliphatic rings. The number of likely N-dealkylation sites (N-methyl/N-ethyl adjacent to an activating group) is 2. The second kappa shape index (κ2) is 6.50. The standard InChI is InChI=1S/C13H27N3O2/c1-5-14-11(12(17)18)6-7-16-9-8-15(4)13(2,3)10-16/h11,14H,5-10H2,1-4H3,(H,17,18). The van der Waals surface area contributed by atoms with Gasteiger partial charge in [-0.3, -0.25) is 9.69 Å². The zero-order chi connectivity index (χ0) is 13.8. The number of nitrogens with one attached hydrogen (secondary N) is 1. The van der Waals surface area contributed by atoms with Gasteiger partial charge < -0.3 is 15.3 Å². The summed E-state index contributed by atoms with van der Waals surface area (Å²) in [6.07, 6.45) is 0.670. The first kappa shape index (κ1) is 15.4. The normalized spacial score (nSPS) is 22.9. The molecule has 5 heteroatoms. The molecule has 18 heavy (non-hydrogen) atoms. The van der Waals surface area contributed by atoms with Crippen LogP contribution in [-0.4, -0.2) is 72.2 Å². The van der Waals surface area contributed by atoms with Crippen molar-refractivity contribution in [2.45, 2.75) is 38.8 Å². The Morgan fingerprint density at radius 2 is 2.11 bits per heavy atom. The van der Waals surface area contributed by atoms with E-state index in [0.29, 0.717) is 13.0 Å². The number of carboxylic acid groups (broad SMARTS) is 1. The minimum Gasteiger partial charge on any atom is -0.480 e. The molecule has 1 saturated heterocycles. The molecule has 0 amide bonds. The minimum atomic E-state index is -0.745. The lowest BCUT2D eigenvalue weighted by atomic mass is 9.99. The smallest absolute Gasteiger partial charge is 0.320 e. The molecule has 1 fully saturated rings. The van der Waals surface area contributed by atoms with Gasteiger partial charge in [0.2, 0.25) is 0 Å². The van der Waals surface area contributed by atoms with E-state index in [1.54, 1.807) is 0 Å². The van der Waals surface area contributed by atoms with Crippen molar-refractivity contribution in [3.05, 3.63) is 0 Å². The van der Waals surface area contributed by atoms with Crippen molar-refractivity contribution in [3.63, 3.8) is 0 Å². The molecule has 1 rings (SSSR count). The van der Waals surface area contributed by atoms with E-state index < -0.39 is 12.0 Å². The fourth-order valence-corrected chi connectivity index (χ4v) is 2.40. The third-order valence-corrected chi connectivity index (χ3v) is 3.88. The Labute approximate surface area is 110 Å². The van der Waals surface area contributed by atoms with Crippen LogP contribution in [-0.2, 0) is 4.79 Å². The summed E-state index contributed by atoms with van der Waals surface area (Å²) < 4.78 is 0. The van der Waals surface area contributed by atoms with E-state index >= 15 is 0 Å². The number of hydrogen-bond acceptors (Lipinski definition) is 4. The maximum absolute atomic E-state index is 11.1. The van der Waals surface area contributed by atoms with E-state index in [4.69, 9.17) is 5.11 Å². The summed E-state index contributed by atoms with van der Waals surface area (Å²) in [6, 6.07) is -0.419. The van der Waals surface area contributed by atoms with Gasteiger partial charge in [0, 0.05) is 31.7 Å². The molecule has 0 aromatic carbocycles. The van der Waals surface area contributed by atoms with Gasteiger partial charge in [-0.15, -0.1) is 0 Å². The van der Waals surface area contributed by atoms with Gasteiger partial charge in [-0.05, 0) is 33.9 Å². The first-order valence-corrected chi connectivity index (χ1v) is 6.76. The third-order valence-electron chi connectivity index (χ3n) is 3.88. The highest BCUT2D eigenvalue weighted by molar-refractivity contribution is 5.73. The molecular formula is C13H27N3O2. The highest BCUT2D eigenvalue weighted by Gasteiger charge is 2.31. The lowest BCUT2D eigenvalue weighted by Crippen LogP contribution is -2.58. The first-order valence-electron chi connectivity index (χ1n) is 6.76. The van der Waals surface area contributed by atoms with Gasteiger partial charge in [-0.2, -0.15) is 0 Å². The van der Waals surface area contributed by atoms with E-state index in [1.165, 1.54) is 0 Å². The number of rotatable bonds is 6. The van der Waals surface area contributed by atoms with Crippen LogP contribution >= 0.6 is 0 Å². The summed E-state index contributed by atoms with van der Waals surface area (Å²) in [4.78, 5) is 15.8. The van der Waals surface area contributed by atoms with Crippen molar-refractivity contribution in [1.29, 1.82) is 0 Å². The van der Waals surface area contributed by atoms with Crippen LogP contribution in [0, 0.1) is 0 Å². The summed E-state index contributed by atoms with van der Waals surface area (Å²) in [5.74, 6) is -0.745. The van der Waals surface area contributed by atoms with Crippen molar-refractivity contribution in [1.82, 2.24) is 15.1 Å². The molecular weight excluding hydrogens is 230 g/mol. The summed E-state index contributed by atoms with van der Waals surface area (Å²) in [6.45, 7) is 11.0. The zero-order valence-electron chi connectivity index (χ0n) is 12.1. The van der Waals surface area contributed by atoms with Crippen LogP contribution < -0.4 is 5.32 Å². The van der Waals surface area contributed by atoms with Crippen LogP contribution in [0.1, 0.15) is 27.2 Å². The molecule has 0 aliphatic carbocycles. The topological polar surface area (TPSA) is 55.8 Å². The maximum atomic E-state index is 11.1. The number of aliphatic carboxylic acids is 1. The molecule has 1 heterocycles. The van der Waals surface area contributed by atoms with Gasteiger partial charge in [0.05, 0.1) is 0 Å². The highest BCUT2D eigenvalue weighted by atomic mass is 16.4. The molecule has 0 spiro atoms. The minimum absolute atomic E-state index is 0.176. The van der Waals surface area contributed by atoms with Crippen molar-refractivity contribution < 1.29 is 9.90 Å². The Balaban J connectivity index is 2.41. The quantitative estimate of drug-likeness (QED) is 0.724. The zero-order valence-corrected chi connectivity index (χ0v) is 12.1. The van der Waals surface area contributed by atoms with Crippen molar-refractivity contribution in [2.24, 2.45) is 0 Å². The number of hydrogen-bond donors (Lipinski definition) is 2. The summed E-state index contributed by atoms with van der Waals surface area (Å²) >= 11 is 0. The van der Waals surface area contributed by atoms with Gasteiger partial charge in [0.25, 0.3) is 0 Å². The van der Waals surface area contributed by atoms with Crippen LogP contribution in [0.25, 0.3) is 0 Å². The lowest BCUT2D eigenvalue weighted by Gasteiger charge is -2.45. The van der Waals surface area contributed by atoms with E-state index in [9.17, 15) is 4.79 Å². The molecule has 1 atom stereocenters. The monoisotopic (exact) mass is 257 g/mol. The maximum Gasteiger partial charge on any atom is 0.320 e. The Bertz CT molecular complexity index is 281. The molecule has 0 radical (unpaired) electrons. The first-order chi connectivity index (χ1) is 8.36. The number of piperazine rings is 1. The molecule has 0 aromatic heterocycles. The predicted octanol–water partition coefficient (Wildman–Crippen LogP) is 0.465. The molecule has 2 N–H and O–H groups in total. The van der Waals surface area contributed by atoms with Gasteiger partial charge in [-0.1, -0.05) is 6.92 Å². The second-order valence-corrected chi connectivity index (χ2v) is 5.75. The van der Waals surface area contributed by atoms with Crippen molar-refractivity contribution in [2.75, 3.05) is 39.8 Å². The van der Waals surface area contributed by atoms with E-state index in [-0.39, 0.29) is 5.54 Å². The van der Waals surface area contributed by atoms with Crippen LogP contribution in [0.5, 0.6) is 0 Å². The van der Waals surface area contributed by atoms with E-state index in [1.807, 2.05) is 6.92 Å². The lowest BCUT2D eigenvalue weighted by molar-refractivity contribution is -0.139. The number of carbonyl (C=O) groups is 1. The Morgan fingerprint density at radius 1 is 1.44 bits per heavy atom. The van der Waals surface area contributed by atoms with Gasteiger partial charge in [0.15, 0.2) is 0 Å². The summed E-state index contributed by atoms with van der Waals surface area (Å²) in [5, 5.41) is 12.1. The molecule has 106 valence electrons. The third kappa shape index (κ3) is 4.23. The fraction of sp³-hybridized carbons (Fsp3) is 0.923. The second-order valence-electron chi connectivity index (χ2n) is 5.75. The van der Waals surface area contributed by atoms with Gasteiger partial charge >= 0.3 is 5.97 Å². The van der Waals surface area contributed by atoms with Crippen molar-refractivity contribution in [3.8, 4) is 0 Å². The van der Waals surface area contributed by atoms with Crippen LogP contribution in [0.3, 0.4) is 0 Å². The van der Waals surface area contributed by atoms with E-state index in [2.05, 4.69) is 36.0 Å². The molecule has 0 saturated carbocycles. The summed E-state index contributed by atoms with van der Waals surface area (Å²) in [5.41, 5.74) is 0.176. The van der Waals surface area contributed by atoms with Crippen LogP contribution in [0.4, 0.5) is 0 Å². The predicted molar refractivity (Wildman–Crippen MR) is 72.9 cm³/mol. The number of nitrogens with zero attached hydrogens (tertiary/aromatic N) is 2. The highest BCUT2D eigenvalue weighted by Crippen LogP contribution is 2.18. The molecule has 0 aromatic rings. The molecule has 1 unspecified atom stereocenters. The molecule has 0 bridgehead atoms. The average molecular weight is 257 g/mol. The Kier molecular flexibility index (Phi) is 5.56. The SMILES string of the molecule is CCNC(CCN1CCN(C)C(C)(C)C1)C(=O)O. The number of carboxylic acids is 1. The van der Waals surface area contributed by atoms with Crippen LogP contribution in [0.2, 0.25) is 0 Å². The molecule has 5 nitrogen and oxygen atoms in total. The van der Waals surface area contributed by atoms with E-state index in [0.717, 1.165) is 26.2 Å². The largest absolute Gasteiger partial charge is 0.480 e. The fourth-order valence-electron chi connectivity index (χ4n) is 2.40. The average Bonchev–Trinajstić information content (AvgIpc) is 2.28. The Hall–Kier alpha value is -0.650. The van der Waals surface area contributed by atoms with Gasteiger partial charge in [0.1, 0.15) is 6.04 Å².